The van der Waals surface area contributed by atoms with Crippen molar-refractivity contribution in [3.05, 3.63) is 68.1 Å². The number of aliphatic carboxylic acids is 2. The molecular formula is C26H26ClF4N3O7S. The highest BCUT2D eigenvalue weighted by molar-refractivity contribution is 7.16. The van der Waals surface area contributed by atoms with Crippen LogP contribution < -0.4 is 0 Å². The average Bonchev–Trinajstić information content (AvgIpc) is 3.50. The Morgan fingerprint density at radius 1 is 1.12 bits per heavy atom. The van der Waals surface area contributed by atoms with Crippen LogP contribution in [0.4, 0.5) is 17.6 Å². The molecule has 2 aliphatic rings. The van der Waals surface area contributed by atoms with E-state index in [-0.39, 0.29) is 11.3 Å². The molecule has 1 saturated heterocycles. The predicted octanol–water partition coefficient (Wildman–Crippen LogP) is 3.66. The molecule has 0 bridgehead atoms. The van der Waals surface area contributed by atoms with Crippen molar-refractivity contribution in [1.82, 2.24) is 14.7 Å². The number of para-hydroxylation sites is 1. The molecule has 3 aromatic rings. The first-order valence-electron chi connectivity index (χ1n) is 12.5. The van der Waals surface area contributed by atoms with Gasteiger partial charge >= 0.3 is 11.9 Å². The SMILES string of the molecule is Cc1nn(-c2c(F)cccc2F)cc1CN1CCC2(CC1)OCC(F)(F)c1cc(Cl)sc12.O=C(O)C(O)C(O)C(=O)O. The lowest BCUT2D eigenvalue weighted by molar-refractivity contribution is -0.182. The number of likely N-dealkylation sites (tertiary alicyclic amines) is 1. The molecule has 228 valence electrons. The van der Waals surface area contributed by atoms with E-state index in [9.17, 15) is 27.2 Å². The number of rotatable bonds is 6. The molecule has 1 spiro atoms. The molecule has 4 N–H and O–H groups in total. The van der Waals surface area contributed by atoms with Crippen molar-refractivity contribution in [2.75, 3.05) is 19.7 Å². The lowest BCUT2D eigenvalue weighted by Crippen LogP contribution is -2.48. The summed E-state index contributed by atoms with van der Waals surface area (Å²) in [5, 5.41) is 36.8. The fourth-order valence-corrected chi connectivity index (χ4v) is 6.25. The number of aliphatic hydroxyl groups excluding tert-OH is 2. The van der Waals surface area contributed by atoms with Gasteiger partial charge in [0.25, 0.3) is 5.92 Å². The molecule has 5 rings (SSSR count). The molecule has 2 aliphatic heterocycles. The maximum atomic E-state index is 14.3. The quantitative estimate of drug-likeness (QED) is 0.298. The van der Waals surface area contributed by atoms with E-state index < -0.39 is 53.9 Å². The Kier molecular flexibility index (Phi) is 9.30. The van der Waals surface area contributed by atoms with E-state index in [0.717, 1.165) is 5.56 Å². The van der Waals surface area contributed by atoms with Gasteiger partial charge in [-0.05, 0) is 38.0 Å². The number of benzene rings is 1. The summed E-state index contributed by atoms with van der Waals surface area (Å²) >= 11 is 7.23. The Hall–Kier alpha value is -3.08. The molecule has 10 nitrogen and oxygen atoms in total. The lowest BCUT2D eigenvalue weighted by Gasteiger charge is -2.45. The highest BCUT2D eigenvalue weighted by Gasteiger charge is 2.51. The summed E-state index contributed by atoms with van der Waals surface area (Å²) in [6.07, 6.45) is -1.78. The van der Waals surface area contributed by atoms with E-state index in [2.05, 4.69) is 10.00 Å². The van der Waals surface area contributed by atoms with Gasteiger partial charge in [-0.1, -0.05) is 17.7 Å². The molecule has 0 amide bonds. The Morgan fingerprint density at radius 2 is 1.69 bits per heavy atom. The second kappa shape index (κ2) is 12.3. The highest BCUT2D eigenvalue weighted by Crippen LogP contribution is 2.52. The van der Waals surface area contributed by atoms with Gasteiger partial charge in [-0.2, -0.15) is 13.9 Å². The van der Waals surface area contributed by atoms with Crippen molar-refractivity contribution in [2.45, 2.75) is 50.0 Å². The van der Waals surface area contributed by atoms with E-state index in [1.807, 2.05) is 0 Å². The van der Waals surface area contributed by atoms with Crippen LogP contribution in [0.5, 0.6) is 0 Å². The van der Waals surface area contributed by atoms with Gasteiger partial charge in [-0.3, -0.25) is 4.90 Å². The number of aryl methyl sites for hydroxylation is 1. The molecule has 2 unspecified atom stereocenters. The average molecular weight is 636 g/mol. The van der Waals surface area contributed by atoms with E-state index >= 15 is 0 Å². The number of thiophene rings is 1. The Bertz CT molecular complexity index is 1440. The summed E-state index contributed by atoms with van der Waals surface area (Å²) in [4.78, 5) is 22.2. The Balaban J connectivity index is 0.000000349. The van der Waals surface area contributed by atoms with Crippen LogP contribution in [0, 0.1) is 18.6 Å². The number of aromatic nitrogens is 2. The van der Waals surface area contributed by atoms with Gasteiger partial charge in [-0.15, -0.1) is 11.3 Å². The number of alkyl halides is 2. The summed E-state index contributed by atoms with van der Waals surface area (Å²) in [7, 11) is 0. The first-order valence-corrected chi connectivity index (χ1v) is 13.7. The smallest absolute Gasteiger partial charge is 0.335 e. The number of piperidine rings is 1. The van der Waals surface area contributed by atoms with Crippen molar-refractivity contribution >= 4 is 34.9 Å². The number of aliphatic hydroxyl groups is 2. The third-order valence-corrected chi connectivity index (χ3v) is 8.52. The van der Waals surface area contributed by atoms with Crippen molar-refractivity contribution < 1.29 is 52.3 Å². The monoisotopic (exact) mass is 635 g/mol. The second-order valence-electron chi connectivity index (χ2n) is 9.88. The van der Waals surface area contributed by atoms with Crippen LogP contribution in [0.2, 0.25) is 4.34 Å². The molecule has 0 saturated carbocycles. The highest BCUT2D eigenvalue weighted by atomic mass is 35.5. The summed E-state index contributed by atoms with van der Waals surface area (Å²) in [5.41, 5.74) is 0.545. The van der Waals surface area contributed by atoms with Gasteiger partial charge < -0.3 is 25.2 Å². The summed E-state index contributed by atoms with van der Waals surface area (Å²) in [5.74, 6) is -7.94. The number of hydrogen-bond acceptors (Lipinski definition) is 8. The minimum Gasteiger partial charge on any atom is -0.479 e. The number of hydrogen-bond donors (Lipinski definition) is 4. The summed E-state index contributed by atoms with van der Waals surface area (Å²) < 4.78 is 64.2. The van der Waals surface area contributed by atoms with Gasteiger partial charge in [0, 0.05) is 41.8 Å². The number of carbonyl (C=O) groups is 2. The number of carboxylic acids is 2. The minimum atomic E-state index is -3.03. The van der Waals surface area contributed by atoms with E-state index in [4.69, 9.17) is 36.8 Å². The zero-order valence-corrected chi connectivity index (χ0v) is 23.5. The lowest BCUT2D eigenvalue weighted by atomic mass is 9.84. The molecule has 4 heterocycles. The second-order valence-corrected chi connectivity index (χ2v) is 11.6. The zero-order valence-electron chi connectivity index (χ0n) is 21.9. The van der Waals surface area contributed by atoms with Crippen molar-refractivity contribution in [3.8, 4) is 5.69 Å². The first kappa shape index (κ1) is 31.8. The Morgan fingerprint density at radius 3 is 2.24 bits per heavy atom. The maximum absolute atomic E-state index is 14.3. The molecule has 0 aliphatic carbocycles. The minimum absolute atomic E-state index is 0.0174. The van der Waals surface area contributed by atoms with Gasteiger partial charge in [0.1, 0.15) is 17.9 Å². The summed E-state index contributed by atoms with van der Waals surface area (Å²) in [6, 6.07) is 5.05. The third kappa shape index (κ3) is 6.45. The number of ether oxygens (including phenoxy) is 1. The van der Waals surface area contributed by atoms with E-state index in [0.29, 0.717) is 47.4 Å². The molecule has 16 heteroatoms. The molecular weight excluding hydrogens is 610 g/mol. The van der Waals surface area contributed by atoms with Crippen LogP contribution in [-0.4, -0.2) is 78.9 Å². The fraction of sp³-hybridized carbons (Fsp3) is 0.423. The molecule has 2 atom stereocenters. The van der Waals surface area contributed by atoms with E-state index in [1.54, 1.807) is 13.1 Å². The number of halogens is 5. The largest absolute Gasteiger partial charge is 0.479 e. The van der Waals surface area contributed by atoms with Crippen LogP contribution in [0.1, 0.15) is 34.5 Å². The Labute approximate surface area is 245 Å². The number of nitrogens with zero attached hydrogens (tertiary/aromatic N) is 3. The van der Waals surface area contributed by atoms with Crippen LogP contribution in [-0.2, 0) is 32.4 Å². The topological polar surface area (TPSA) is 145 Å². The van der Waals surface area contributed by atoms with Crippen molar-refractivity contribution in [3.63, 3.8) is 0 Å². The number of carboxylic acid groups (broad SMARTS) is 2. The van der Waals surface area contributed by atoms with Gasteiger partial charge in [0.05, 0.1) is 10.0 Å². The predicted molar refractivity (Wildman–Crippen MR) is 141 cm³/mol. The van der Waals surface area contributed by atoms with Crippen molar-refractivity contribution in [2.24, 2.45) is 0 Å². The molecule has 42 heavy (non-hydrogen) atoms. The number of fused-ring (bicyclic) bond motifs is 2. The van der Waals surface area contributed by atoms with E-state index in [1.165, 1.54) is 40.3 Å². The molecule has 1 fully saturated rings. The van der Waals surface area contributed by atoms with Crippen LogP contribution in [0.15, 0.2) is 30.5 Å². The van der Waals surface area contributed by atoms with Gasteiger partial charge in [0.15, 0.2) is 23.8 Å². The van der Waals surface area contributed by atoms with Crippen LogP contribution in [0.25, 0.3) is 5.69 Å². The normalized spacial score (nSPS) is 19.0. The van der Waals surface area contributed by atoms with Gasteiger partial charge in [0.2, 0.25) is 0 Å². The van der Waals surface area contributed by atoms with Crippen LogP contribution >= 0.6 is 22.9 Å². The molecule has 2 aromatic heterocycles. The summed E-state index contributed by atoms with van der Waals surface area (Å²) in [6.45, 7) is 2.93. The standard InChI is InChI=1S/C22H20ClF4N3OS.C4H6O6/c1-13-14(11-30(28-13)19-16(24)3-2-4-17(19)25)10-29-7-5-21(6-8-29)20-15(9-18(23)32-20)22(26,27)12-31-21;5-1(3(7)8)2(6)4(9)10/h2-4,9,11H,5-8,10,12H2,1H3;1-2,5-6H,(H,7,8)(H,9,10). The first-order chi connectivity index (χ1) is 19.6. The van der Waals surface area contributed by atoms with Crippen LogP contribution in [0.3, 0.4) is 0 Å². The van der Waals surface area contributed by atoms with Gasteiger partial charge in [-0.25, -0.2) is 23.1 Å². The fourth-order valence-electron chi connectivity index (χ4n) is 4.77. The maximum Gasteiger partial charge on any atom is 0.335 e. The molecule has 1 aromatic carbocycles. The molecule has 0 radical (unpaired) electrons. The third-order valence-electron chi connectivity index (χ3n) is 7.07. The zero-order chi connectivity index (χ0) is 31.0. The van der Waals surface area contributed by atoms with Crippen molar-refractivity contribution in [1.29, 1.82) is 0 Å².